The van der Waals surface area contributed by atoms with Crippen molar-refractivity contribution in [3.63, 3.8) is 0 Å². The van der Waals surface area contributed by atoms with Crippen LogP contribution >= 0.6 is 11.6 Å². The molecule has 0 saturated heterocycles. The molecule has 7 atom stereocenters. The first kappa shape index (κ1) is 29.3. The van der Waals surface area contributed by atoms with Crippen LogP contribution in [0.2, 0.25) is 5.02 Å². The van der Waals surface area contributed by atoms with Gasteiger partial charge < -0.3 is 15.9 Å². The molecule has 11 heteroatoms. The number of aliphatic hydroxyl groups is 1. The molecule has 0 bridgehead atoms. The molecule has 1 amide bonds. The minimum atomic E-state index is -2.74. The average molecular weight is 562 g/mol. The Hall–Kier alpha value is -2.66. The number of ketones is 4. The molecular weight excluding hydrogens is 526 g/mol. The van der Waals surface area contributed by atoms with E-state index in [1.807, 2.05) is 7.05 Å². The van der Waals surface area contributed by atoms with Crippen molar-refractivity contribution in [1.82, 2.24) is 9.80 Å². The summed E-state index contributed by atoms with van der Waals surface area (Å²) in [5.41, 5.74) is 3.53. The summed E-state index contributed by atoms with van der Waals surface area (Å²) in [5.74, 6) is -10.4. The second-order valence-corrected chi connectivity index (χ2v) is 12.3. The number of fused-ring (bicyclic) bond motifs is 3. The fourth-order valence-electron chi connectivity index (χ4n) is 6.74. The normalized spacial score (nSPS) is 31.4. The maximum Gasteiger partial charge on any atom is 0.235 e. The van der Waals surface area contributed by atoms with Crippen LogP contribution in [0.3, 0.4) is 0 Å². The average Bonchev–Trinajstić information content (AvgIpc) is 2.83. The Labute approximate surface area is 232 Å². The van der Waals surface area contributed by atoms with Gasteiger partial charge in [0.2, 0.25) is 5.91 Å². The predicted molar refractivity (Wildman–Crippen MR) is 142 cm³/mol. The van der Waals surface area contributed by atoms with Gasteiger partial charge in [0.25, 0.3) is 0 Å². The lowest BCUT2D eigenvalue weighted by atomic mass is 9.52. The Morgan fingerprint density at radius 1 is 1.15 bits per heavy atom. The van der Waals surface area contributed by atoms with E-state index in [0.717, 1.165) is 0 Å². The maximum absolute atomic E-state index is 13.8. The fourth-order valence-corrected chi connectivity index (χ4v) is 7.03. The first-order valence-corrected chi connectivity index (χ1v) is 13.5. The van der Waals surface area contributed by atoms with Gasteiger partial charge in [-0.25, -0.2) is 0 Å². The summed E-state index contributed by atoms with van der Waals surface area (Å²) in [5, 5.41) is 22.9. The van der Waals surface area contributed by atoms with Crippen LogP contribution in [-0.4, -0.2) is 87.9 Å². The molecule has 0 aromatic heterocycles. The van der Waals surface area contributed by atoms with Crippen LogP contribution in [0.4, 0.5) is 0 Å². The van der Waals surface area contributed by atoms with Crippen LogP contribution in [0.5, 0.6) is 5.75 Å². The minimum absolute atomic E-state index is 0.0184. The molecule has 3 aliphatic carbocycles. The third-order valence-electron chi connectivity index (χ3n) is 9.15. The summed E-state index contributed by atoms with van der Waals surface area (Å²) in [6.45, 7) is 6.69. The van der Waals surface area contributed by atoms with E-state index in [1.54, 1.807) is 14.1 Å². The number of benzene rings is 1. The molecule has 0 heterocycles. The van der Waals surface area contributed by atoms with E-state index in [-0.39, 0.29) is 30.2 Å². The topological polar surface area (TPSA) is 158 Å². The number of aromatic hydroxyl groups is 1. The van der Waals surface area contributed by atoms with Crippen LogP contribution in [0.1, 0.15) is 48.7 Å². The highest BCUT2D eigenvalue weighted by Crippen LogP contribution is 2.51. The number of primary amides is 1. The van der Waals surface area contributed by atoms with Crippen molar-refractivity contribution in [2.45, 2.75) is 57.8 Å². The highest BCUT2D eigenvalue weighted by atomic mass is 35.5. The highest BCUT2D eigenvalue weighted by Gasteiger charge is 2.69. The number of rotatable bonds is 6. The van der Waals surface area contributed by atoms with E-state index in [0.29, 0.717) is 28.6 Å². The molecule has 10 nitrogen and oxygen atoms in total. The third kappa shape index (κ3) is 4.32. The van der Waals surface area contributed by atoms with Gasteiger partial charge in [0.1, 0.15) is 5.75 Å². The Kier molecular flexibility index (Phi) is 7.57. The van der Waals surface area contributed by atoms with Crippen molar-refractivity contribution >= 4 is 40.6 Å². The van der Waals surface area contributed by atoms with E-state index in [1.165, 1.54) is 11.0 Å². The number of phenolic OH excluding ortho intramolecular Hbond substituents is 1. The molecule has 212 valence electrons. The predicted octanol–water partition coefficient (Wildman–Crippen LogP) is 0.997. The molecule has 39 heavy (non-hydrogen) atoms. The van der Waals surface area contributed by atoms with Gasteiger partial charge in [0, 0.05) is 23.5 Å². The van der Waals surface area contributed by atoms with Crippen molar-refractivity contribution in [2.75, 3.05) is 21.1 Å². The second kappa shape index (κ2) is 10.1. The Balaban J connectivity index is 1.79. The zero-order chi connectivity index (χ0) is 29.3. The standard InChI is InChI=1S/C28H36ClN3O7/c1-11(2)12(3)32(6)10-14-9-17(33)19-15(21(14)29)7-13-8-16-22(31(4)5)24(35)20(27(30)38)26(37)28(16,39)25(36)18(13)23(19)34/h9,11-13,16,18,20,22,33,39H,7-8,10H2,1-6H3,(H2,30,38)/t12-,13+,16+,18?,20?,22+,28+/m1/s1. The Morgan fingerprint density at radius 3 is 2.31 bits per heavy atom. The Morgan fingerprint density at radius 2 is 1.77 bits per heavy atom. The maximum atomic E-state index is 13.8. The summed E-state index contributed by atoms with van der Waals surface area (Å²) in [6.07, 6.45) is 0.116. The van der Waals surface area contributed by atoms with Crippen LogP contribution < -0.4 is 5.73 Å². The number of carbonyl (C=O) groups is 5. The number of hydrogen-bond acceptors (Lipinski definition) is 9. The number of amides is 1. The quantitative estimate of drug-likeness (QED) is 0.431. The number of nitrogens with zero attached hydrogens (tertiary/aromatic N) is 2. The fraction of sp³-hybridized carbons (Fsp3) is 0.607. The molecule has 4 rings (SSSR count). The lowest BCUT2D eigenvalue weighted by molar-refractivity contribution is -0.181. The number of Topliss-reactive ketones (excluding diaryl/α,β-unsaturated/α-hetero) is 4. The molecule has 2 saturated carbocycles. The van der Waals surface area contributed by atoms with Crippen LogP contribution in [-0.2, 0) is 32.1 Å². The van der Waals surface area contributed by atoms with Crippen LogP contribution in [0.25, 0.3) is 0 Å². The molecule has 0 aliphatic heterocycles. The van der Waals surface area contributed by atoms with Crippen molar-refractivity contribution in [2.24, 2.45) is 35.3 Å². The van der Waals surface area contributed by atoms with Crippen molar-refractivity contribution in [1.29, 1.82) is 0 Å². The molecule has 3 aliphatic rings. The number of nitrogens with two attached hydrogens (primary N) is 1. The molecule has 2 unspecified atom stereocenters. The molecular formula is C28H36ClN3O7. The summed E-state index contributed by atoms with van der Waals surface area (Å²) < 4.78 is 0. The molecule has 1 aromatic carbocycles. The molecule has 4 N–H and O–H groups in total. The first-order chi connectivity index (χ1) is 18.0. The van der Waals surface area contributed by atoms with Crippen LogP contribution in [0, 0.1) is 29.6 Å². The minimum Gasteiger partial charge on any atom is -0.507 e. The number of hydrogen-bond donors (Lipinski definition) is 3. The highest BCUT2D eigenvalue weighted by molar-refractivity contribution is 6.34. The zero-order valence-electron chi connectivity index (χ0n) is 23.0. The van der Waals surface area contributed by atoms with Gasteiger partial charge in [-0.05, 0) is 69.9 Å². The third-order valence-corrected chi connectivity index (χ3v) is 9.62. The van der Waals surface area contributed by atoms with Crippen molar-refractivity contribution < 1.29 is 34.2 Å². The SMILES string of the molecule is CC(C)[C@@H](C)N(C)Cc1cc(O)c2c(c1Cl)C[C@H]1C[C@H]3[C@H](N(C)C)C(=O)C(C(N)=O)C(=O)[C@@]3(O)C(=O)C1C2=O. The van der Waals surface area contributed by atoms with Gasteiger partial charge in [-0.15, -0.1) is 0 Å². The summed E-state index contributed by atoms with van der Waals surface area (Å²) >= 11 is 6.81. The lowest BCUT2D eigenvalue weighted by Crippen LogP contribution is -2.74. The largest absolute Gasteiger partial charge is 0.507 e. The Bertz CT molecular complexity index is 1280. The molecule has 2 fully saturated rings. The summed E-state index contributed by atoms with van der Waals surface area (Å²) in [4.78, 5) is 69.7. The molecule has 0 radical (unpaired) electrons. The van der Waals surface area contributed by atoms with Gasteiger partial charge in [-0.2, -0.15) is 0 Å². The van der Waals surface area contributed by atoms with Gasteiger partial charge in [-0.3, -0.25) is 33.8 Å². The smallest absolute Gasteiger partial charge is 0.235 e. The number of phenols is 1. The lowest BCUT2D eigenvalue weighted by Gasteiger charge is -2.52. The van der Waals surface area contributed by atoms with E-state index < -0.39 is 64.4 Å². The summed E-state index contributed by atoms with van der Waals surface area (Å²) in [6, 6.07) is 0.490. The van der Waals surface area contributed by atoms with E-state index in [9.17, 15) is 34.2 Å². The van der Waals surface area contributed by atoms with E-state index >= 15 is 0 Å². The zero-order valence-corrected chi connectivity index (χ0v) is 23.8. The molecule has 0 spiro atoms. The van der Waals surface area contributed by atoms with Crippen molar-refractivity contribution in [3.05, 3.63) is 27.8 Å². The van der Waals surface area contributed by atoms with Gasteiger partial charge in [0.05, 0.1) is 17.5 Å². The first-order valence-electron chi connectivity index (χ1n) is 13.1. The van der Waals surface area contributed by atoms with E-state index in [4.69, 9.17) is 17.3 Å². The van der Waals surface area contributed by atoms with Gasteiger partial charge in [-0.1, -0.05) is 25.4 Å². The van der Waals surface area contributed by atoms with Gasteiger partial charge in [0.15, 0.2) is 34.7 Å². The summed E-state index contributed by atoms with van der Waals surface area (Å²) in [7, 11) is 5.03. The van der Waals surface area contributed by atoms with Crippen molar-refractivity contribution in [3.8, 4) is 5.75 Å². The monoisotopic (exact) mass is 561 g/mol. The molecule has 1 aromatic rings. The number of halogens is 1. The van der Waals surface area contributed by atoms with Crippen LogP contribution in [0.15, 0.2) is 6.07 Å². The van der Waals surface area contributed by atoms with Gasteiger partial charge >= 0.3 is 0 Å². The number of likely N-dealkylation sites (N-methyl/N-ethyl adjacent to an activating group) is 1. The van der Waals surface area contributed by atoms with E-state index in [2.05, 4.69) is 25.7 Å². The number of carbonyl (C=O) groups excluding carboxylic acids is 5. The second-order valence-electron chi connectivity index (χ2n) is 11.9.